The molecule has 0 atom stereocenters. The van der Waals surface area contributed by atoms with E-state index in [2.05, 4.69) is 10.6 Å². The van der Waals surface area contributed by atoms with E-state index in [0.717, 1.165) is 11.3 Å². The van der Waals surface area contributed by atoms with Crippen molar-refractivity contribution in [3.63, 3.8) is 0 Å². The molecule has 0 saturated heterocycles. The minimum atomic E-state index is 0.488. The zero-order valence-corrected chi connectivity index (χ0v) is 16.2. The van der Waals surface area contributed by atoms with Gasteiger partial charge in [-0.1, -0.05) is 6.07 Å². The first-order valence-electron chi connectivity index (χ1n) is 8.17. The van der Waals surface area contributed by atoms with E-state index in [9.17, 15) is 0 Å². The molecule has 2 aromatic rings. The Kier molecular flexibility index (Phi) is 7.35. The Morgan fingerprint density at radius 3 is 2.35 bits per heavy atom. The van der Waals surface area contributed by atoms with Crippen LogP contribution in [0.15, 0.2) is 36.4 Å². The second-order valence-corrected chi connectivity index (χ2v) is 5.70. The Morgan fingerprint density at radius 1 is 0.923 bits per heavy atom. The Hall–Kier alpha value is -2.67. The first-order valence-corrected chi connectivity index (χ1v) is 8.58. The molecule has 140 valence electrons. The van der Waals surface area contributed by atoms with Gasteiger partial charge in [-0.2, -0.15) is 0 Å². The highest BCUT2D eigenvalue weighted by molar-refractivity contribution is 7.80. The van der Waals surface area contributed by atoms with Gasteiger partial charge in [0.2, 0.25) is 0 Å². The summed E-state index contributed by atoms with van der Waals surface area (Å²) >= 11 is 5.37. The Bertz CT molecular complexity index is 752. The van der Waals surface area contributed by atoms with Crippen LogP contribution in [0.5, 0.6) is 23.0 Å². The largest absolute Gasteiger partial charge is 0.497 e. The van der Waals surface area contributed by atoms with Crippen LogP contribution in [0.1, 0.15) is 12.5 Å². The zero-order chi connectivity index (χ0) is 18.9. The predicted octanol–water partition coefficient (Wildman–Crippen LogP) is 3.60. The van der Waals surface area contributed by atoms with Gasteiger partial charge in [0.15, 0.2) is 16.6 Å². The number of anilines is 1. The minimum absolute atomic E-state index is 0.488. The average molecular weight is 376 g/mol. The van der Waals surface area contributed by atoms with Gasteiger partial charge in [0.1, 0.15) is 11.5 Å². The molecule has 6 nitrogen and oxygen atoms in total. The van der Waals surface area contributed by atoms with Crippen molar-refractivity contribution in [1.29, 1.82) is 0 Å². The van der Waals surface area contributed by atoms with Gasteiger partial charge in [-0.25, -0.2) is 0 Å². The fourth-order valence-electron chi connectivity index (χ4n) is 2.35. The zero-order valence-electron chi connectivity index (χ0n) is 15.4. The molecule has 0 unspecified atom stereocenters. The molecule has 2 aromatic carbocycles. The van der Waals surface area contributed by atoms with Crippen molar-refractivity contribution in [2.75, 3.05) is 33.3 Å². The summed E-state index contributed by atoms with van der Waals surface area (Å²) in [5.74, 6) is 2.79. The van der Waals surface area contributed by atoms with Crippen molar-refractivity contribution < 1.29 is 18.9 Å². The molecule has 0 aromatic heterocycles. The summed E-state index contributed by atoms with van der Waals surface area (Å²) in [6, 6.07) is 11.3. The summed E-state index contributed by atoms with van der Waals surface area (Å²) in [4.78, 5) is 0. The van der Waals surface area contributed by atoms with Crippen LogP contribution >= 0.6 is 12.2 Å². The highest BCUT2D eigenvalue weighted by atomic mass is 32.1. The van der Waals surface area contributed by atoms with E-state index in [4.69, 9.17) is 31.2 Å². The number of benzene rings is 2. The molecule has 26 heavy (non-hydrogen) atoms. The Balaban J connectivity index is 2.00. The lowest BCUT2D eigenvalue weighted by atomic mass is 10.2. The SMILES string of the molecule is CCOc1cc(CNC(=S)Nc2ccc(OC)cc2OC)ccc1OC. The molecule has 7 heteroatoms. The standard InChI is InChI=1S/C19H24N2O4S/c1-5-25-18-10-13(6-9-16(18)23-3)12-20-19(26)21-15-8-7-14(22-2)11-17(15)24-4/h6-11H,5,12H2,1-4H3,(H2,20,21,26). The monoisotopic (exact) mass is 376 g/mol. The normalized spacial score (nSPS) is 10.0. The van der Waals surface area contributed by atoms with E-state index < -0.39 is 0 Å². The van der Waals surface area contributed by atoms with Gasteiger partial charge in [-0.15, -0.1) is 0 Å². The molecular formula is C19H24N2O4S. The third-order valence-corrected chi connectivity index (χ3v) is 3.88. The van der Waals surface area contributed by atoms with Crippen LogP contribution in [0.2, 0.25) is 0 Å². The highest BCUT2D eigenvalue weighted by Gasteiger charge is 2.08. The summed E-state index contributed by atoms with van der Waals surface area (Å²) in [6.45, 7) is 3.06. The molecule has 2 N–H and O–H groups in total. The number of rotatable bonds is 8. The molecule has 0 spiro atoms. The van der Waals surface area contributed by atoms with Gasteiger partial charge >= 0.3 is 0 Å². The molecule has 0 aliphatic heterocycles. The number of thiocarbonyl (C=S) groups is 1. The van der Waals surface area contributed by atoms with Crippen LogP contribution in [0.25, 0.3) is 0 Å². The summed E-state index contributed by atoms with van der Waals surface area (Å²) in [5.41, 5.74) is 1.79. The summed E-state index contributed by atoms with van der Waals surface area (Å²) < 4.78 is 21.4. The number of methoxy groups -OCH3 is 3. The van der Waals surface area contributed by atoms with E-state index in [-0.39, 0.29) is 0 Å². The van der Waals surface area contributed by atoms with Crippen molar-refractivity contribution in [1.82, 2.24) is 5.32 Å². The average Bonchev–Trinajstić information content (AvgIpc) is 2.67. The van der Waals surface area contributed by atoms with Gasteiger partial charge in [0.25, 0.3) is 0 Å². The smallest absolute Gasteiger partial charge is 0.171 e. The maximum atomic E-state index is 5.59. The van der Waals surface area contributed by atoms with E-state index in [1.165, 1.54) is 0 Å². The predicted molar refractivity (Wildman–Crippen MR) is 107 cm³/mol. The van der Waals surface area contributed by atoms with Crippen molar-refractivity contribution in [2.45, 2.75) is 13.5 Å². The summed E-state index contributed by atoms with van der Waals surface area (Å²) in [6.07, 6.45) is 0. The third kappa shape index (κ3) is 5.16. The molecule has 0 amide bonds. The van der Waals surface area contributed by atoms with Crippen LogP contribution in [-0.4, -0.2) is 33.0 Å². The molecule has 0 bridgehead atoms. The molecule has 2 rings (SSSR count). The molecule has 0 radical (unpaired) electrons. The second kappa shape index (κ2) is 9.72. The van der Waals surface area contributed by atoms with Crippen molar-refractivity contribution in [3.05, 3.63) is 42.0 Å². The van der Waals surface area contributed by atoms with Crippen LogP contribution in [-0.2, 0) is 6.54 Å². The van der Waals surface area contributed by atoms with Gasteiger partial charge in [-0.3, -0.25) is 0 Å². The number of nitrogens with one attached hydrogen (secondary N) is 2. The third-order valence-electron chi connectivity index (χ3n) is 3.64. The molecule has 0 fully saturated rings. The Labute approximate surface area is 159 Å². The van der Waals surface area contributed by atoms with Crippen LogP contribution < -0.4 is 29.6 Å². The first kappa shape index (κ1) is 19.7. The van der Waals surface area contributed by atoms with Crippen LogP contribution in [0.3, 0.4) is 0 Å². The van der Waals surface area contributed by atoms with Crippen molar-refractivity contribution in [2.24, 2.45) is 0 Å². The van der Waals surface area contributed by atoms with Crippen LogP contribution in [0, 0.1) is 0 Å². The quantitative estimate of drug-likeness (QED) is 0.683. The van der Waals surface area contributed by atoms with E-state index in [1.54, 1.807) is 27.4 Å². The lowest BCUT2D eigenvalue weighted by molar-refractivity contribution is 0.310. The van der Waals surface area contributed by atoms with Crippen molar-refractivity contribution in [3.8, 4) is 23.0 Å². The van der Waals surface area contributed by atoms with E-state index >= 15 is 0 Å². The van der Waals surface area contributed by atoms with Gasteiger partial charge < -0.3 is 29.6 Å². The second-order valence-electron chi connectivity index (χ2n) is 5.29. The number of ether oxygens (including phenoxy) is 4. The minimum Gasteiger partial charge on any atom is -0.497 e. The van der Waals surface area contributed by atoms with Gasteiger partial charge in [0.05, 0.1) is 33.6 Å². The summed E-state index contributed by atoms with van der Waals surface area (Å²) in [7, 11) is 4.83. The molecule has 0 heterocycles. The van der Waals surface area contributed by atoms with E-state index in [0.29, 0.717) is 41.3 Å². The summed E-state index contributed by atoms with van der Waals surface area (Å²) in [5, 5.41) is 6.79. The maximum Gasteiger partial charge on any atom is 0.171 e. The Morgan fingerprint density at radius 2 is 1.69 bits per heavy atom. The first-order chi connectivity index (χ1) is 12.6. The molecule has 0 saturated carbocycles. The highest BCUT2D eigenvalue weighted by Crippen LogP contribution is 2.29. The van der Waals surface area contributed by atoms with Crippen molar-refractivity contribution >= 4 is 23.0 Å². The van der Waals surface area contributed by atoms with E-state index in [1.807, 2.05) is 37.3 Å². The topological polar surface area (TPSA) is 61.0 Å². The molecule has 0 aliphatic carbocycles. The number of hydrogen-bond donors (Lipinski definition) is 2. The fraction of sp³-hybridized carbons (Fsp3) is 0.316. The van der Waals surface area contributed by atoms with Crippen LogP contribution in [0.4, 0.5) is 5.69 Å². The lowest BCUT2D eigenvalue weighted by Gasteiger charge is -2.15. The lowest BCUT2D eigenvalue weighted by Crippen LogP contribution is -2.28. The van der Waals surface area contributed by atoms with Gasteiger partial charge in [-0.05, 0) is 49.0 Å². The maximum absolute atomic E-state index is 5.59. The van der Waals surface area contributed by atoms with Gasteiger partial charge in [0, 0.05) is 12.6 Å². The molecule has 0 aliphatic rings. The molecular weight excluding hydrogens is 352 g/mol. The fourth-order valence-corrected chi connectivity index (χ4v) is 2.53. The number of hydrogen-bond acceptors (Lipinski definition) is 5.